The molecule has 1 fully saturated rings. The first-order chi connectivity index (χ1) is 9.29. The van der Waals surface area contributed by atoms with Crippen LogP contribution in [0.2, 0.25) is 10.2 Å². The second-order valence-electron chi connectivity index (χ2n) is 4.42. The van der Waals surface area contributed by atoms with E-state index in [4.69, 9.17) is 23.2 Å². The normalized spacial score (nSPS) is 17.2. The zero-order valence-corrected chi connectivity index (χ0v) is 13.0. The number of rotatable bonds is 2. The van der Waals surface area contributed by atoms with Gasteiger partial charge >= 0.3 is 0 Å². The van der Waals surface area contributed by atoms with Crippen LogP contribution in [0.4, 0.5) is 0 Å². The van der Waals surface area contributed by atoms with Gasteiger partial charge < -0.3 is 4.90 Å². The van der Waals surface area contributed by atoms with E-state index < -0.39 is 10.0 Å². The van der Waals surface area contributed by atoms with Gasteiger partial charge in [-0.3, -0.25) is 4.79 Å². The second kappa shape index (κ2) is 5.85. The molecule has 110 valence electrons. The number of piperazine rings is 1. The molecular formula is C11H13Cl2N3O3S. The maximum Gasteiger partial charge on any atom is 0.274 e. The number of nitrogens with zero attached hydrogens (tertiary/aromatic N) is 3. The molecule has 0 unspecified atom stereocenters. The van der Waals surface area contributed by atoms with Gasteiger partial charge in [0.15, 0.2) is 0 Å². The number of halogens is 2. The molecule has 0 bridgehead atoms. The third kappa shape index (κ3) is 3.41. The smallest absolute Gasteiger partial charge is 0.274 e. The summed E-state index contributed by atoms with van der Waals surface area (Å²) in [5, 5.41) is 0.414. The van der Waals surface area contributed by atoms with Crippen LogP contribution in [0.5, 0.6) is 0 Å². The third-order valence-corrected chi connectivity index (χ3v) is 4.83. The van der Waals surface area contributed by atoms with Gasteiger partial charge in [0.1, 0.15) is 10.8 Å². The molecule has 0 aromatic carbocycles. The molecule has 1 aromatic rings. The highest BCUT2D eigenvalue weighted by atomic mass is 35.5. The molecule has 20 heavy (non-hydrogen) atoms. The fraction of sp³-hybridized carbons (Fsp3) is 0.455. The second-order valence-corrected chi connectivity index (χ2v) is 7.20. The zero-order chi connectivity index (χ0) is 14.9. The van der Waals surface area contributed by atoms with E-state index in [0.29, 0.717) is 13.1 Å². The van der Waals surface area contributed by atoms with Crippen molar-refractivity contribution in [1.29, 1.82) is 0 Å². The predicted molar refractivity (Wildman–Crippen MR) is 76.6 cm³/mol. The molecule has 2 heterocycles. The highest BCUT2D eigenvalue weighted by Gasteiger charge is 2.28. The number of aromatic nitrogens is 1. The number of hydrogen-bond donors (Lipinski definition) is 0. The Labute approximate surface area is 127 Å². The van der Waals surface area contributed by atoms with Crippen LogP contribution in [0.3, 0.4) is 0 Å². The first-order valence-corrected chi connectivity index (χ1v) is 8.46. The number of hydrogen-bond acceptors (Lipinski definition) is 4. The van der Waals surface area contributed by atoms with E-state index >= 15 is 0 Å². The minimum Gasteiger partial charge on any atom is -0.335 e. The van der Waals surface area contributed by atoms with E-state index in [2.05, 4.69) is 4.98 Å². The molecular weight excluding hydrogens is 325 g/mol. The summed E-state index contributed by atoms with van der Waals surface area (Å²) in [6.45, 7) is 1.14. The molecule has 2 rings (SSSR count). The molecule has 0 radical (unpaired) electrons. The third-order valence-electron chi connectivity index (χ3n) is 3.01. The molecule has 1 aliphatic heterocycles. The highest BCUT2D eigenvalue weighted by molar-refractivity contribution is 7.88. The summed E-state index contributed by atoms with van der Waals surface area (Å²) in [7, 11) is -3.22. The van der Waals surface area contributed by atoms with Crippen molar-refractivity contribution in [3.8, 4) is 0 Å². The minimum atomic E-state index is -3.22. The number of carbonyl (C=O) groups excluding carboxylic acids is 1. The number of amides is 1. The SMILES string of the molecule is CS(=O)(=O)N1CCN(C(=O)c2nc(Cl)ccc2Cl)CC1. The van der Waals surface area contributed by atoms with Crippen molar-refractivity contribution in [3.63, 3.8) is 0 Å². The monoisotopic (exact) mass is 337 g/mol. The Morgan fingerprint density at radius 3 is 2.35 bits per heavy atom. The van der Waals surface area contributed by atoms with E-state index in [9.17, 15) is 13.2 Å². The van der Waals surface area contributed by atoms with E-state index in [1.807, 2.05) is 0 Å². The fourth-order valence-corrected chi connectivity index (χ4v) is 3.10. The van der Waals surface area contributed by atoms with Crippen LogP contribution < -0.4 is 0 Å². The summed E-state index contributed by atoms with van der Waals surface area (Å²) in [5.74, 6) is -0.342. The van der Waals surface area contributed by atoms with Gasteiger partial charge in [-0.25, -0.2) is 13.4 Å². The van der Waals surface area contributed by atoms with Crippen LogP contribution in [0.15, 0.2) is 12.1 Å². The summed E-state index contributed by atoms with van der Waals surface area (Å²) in [4.78, 5) is 17.7. The Bertz CT molecular complexity index is 628. The zero-order valence-electron chi connectivity index (χ0n) is 10.7. The number of sulfonamides is 1. The van der Waals surface area contributed by atoms with Gasteiger partial charge in [0, 0.05) is 26.2 Å². The van der Waals surface area contributed by atoms with Crippen molar-refractivity contribution in [2.45, 2.75) is 0 Å². The summed E-state index contributed by atoms with van der Waals surface area (Å²) >= 11 is 11.7. The fourth-order valence-electron chi connectivity index (χ4n) is 1.94. The van der Waals surface area contributed by atoms with Crippen LogP contribution in [0.1, 0.15) is 10.5 Å². The van der Waals surface area contributed by atoms with E-state index in [-0.39, 0.29) is 34.9 Å². The first kappa shape index (κ1) is 15.5. The summed E-state index contributed by atoms with van der Waals surface area (Å²) in [6, 6.07) is 3.01. The average molecular weight is 338 g/mol. The van der Waals surface area contributed by atoms with Crippen LogP contribution in [-0.4, -0.2) is 60.9 Å². The predicted octanol–water partition coefficient (Wildman–Crippen LogP) is 1.11. The number of pyridine rings is 1. The molecule has 9 heteroatoms. The van der Waals surface area contributed by atoms with Gasteiger partial charge in [-0.2, -0.15) is 4.31 Å². The highest BCUT2D eigenvalue weighted by Crippen LogP contribution is 2.19. The average Bonchev–Trinajstić information content (AvgIpc) is 2.40. The molecule has 6 nitrogen and oxygen atoms in total. The quantitative estimate of drug-likeness (QED) is 0.758. The summed E-state index contributed by atoms with van der Waals surface area (Å²) in [5.41, 5.74) is 0.0898. The molecule has 0 N–H and O–H groups in total. The standard InChI is InChI=1S/C11H13Cl2N3O3S/c1-20(18,19)16-6-4-15(5-7-16)11(17)10-8(12)2-3-9(13)14-10/h2-3H,4-7H2,1H3. The first-order valence-electron chi connectivity index (χ1n) is 5.85. The maximum atomic E-state index is 12.3. The van der Waals surface area contributed by atoms with Crippen molar-refractivity contribution in [2.75, 3.05) is 32.4 Å². The minimum absolute atomic E-state index is 0.0898. The van der Waals surface area contributed by atoms with Crippen LogP contribution in [-0.2, 0) is 10.0 Å². The van der Waals surface area contributed by atoms with E-state index in [0.717, 1.165) is 6.26 Å². The van der Waals surface area contributed by atoms with Gasteiger partial charge in [-0.15, -0.1) is 0 Å². The van der Waals surface area contributed by atoms with Crippen molar-refractivity contribution in [3.05, 3.63) is 28.0 Å². The lowest BCUT2D eigenvalue weighted by molar-refractivity contribution is 0.0692. The molecule has 0 spiro atoms. The molecule has 1 aliphatic rings. The van der Waals surface area contributed by atoms with Crippen molar-refractivity contribution < 1.29 is 13.2 Å². The largest absolute Gasteiger partial charge is 0.335 e. The van der Waals surface area contributed by atoms with E-state index in [1.54, 1.807) is 0 Å². The molecule has 0 saturated carbocycles. The summed E-state index contributed by atoms with van der Waals surface area (Å²) < 4.78 is 24.1. The van der Waals surface area contributed by atoms with Crippen molar-refractivity contribution in [1.82, 2.24) is 14.2 Å². The lowest BCUT2D eigenvalue weighted by atomic mass is 10.3. The van der Waals surface area contributed by atoms with Gasteiger partial charge in [-0.1, -0.05) is 23.2 Å². The van der Waals surface area contributed by atoms with Gasteiger partial charge in [0.2, 0.25) is 10.0 Å². The van der Waals surface area contributed by atoms with Crippen LogP contribution >= 0.6 is 23.2 Å². The van der Waals surface area contributed by atoms with Gasteiger partial charge in [-0.05, 0) is 12.1 Å². The molecule has 1 amide bonds. The van der Waals surface area contributed by atoms with Crippen LogP contribution in [0.25, 0.3) is 0 Å². The molecule has 0 aliphatic carbocycles. The Balaban J connectivity index is 2.11. The lowest BCUT2D eigenvalue weighted by Crippen LogP contribution is -2.50. The Kier molecular flexibility index (Phi) is 4.53. The molecule has 0 atom stereocenters. The van der Waals surface area contributed by atoms with Crippen molar-refractivity contribution in [2.24, 2.45) is 0 Å². The van der Waals surface area contributed by atoms with Crippen molar-refractivity contribution >= 4 is 39.1 Å². The van der Waals surface area contributed by atoms with Gasteiger partial charge in [0.25, 0.3) is 5.91 Å². The lowest BCUT2D eigenvalue weighted by Gasteiger charge is -2.33. The maximum absolute atomic E-state index is 12.3. The summed E-state index contributed by atoms with van der Waals surface area (Å²) in [6.07, 6.45) is 1.15. The Morgan fingerprint density at radius 2 is 1.80 bits per heavy atom. The van der Waals surface area contributed by atoms with E-state index in [1.165, 1.54) is 21.3 Å². The molecule has 1 aromatic heterocycles. The Morgan fingerprint density at radius 1 is 1.20 bits per heavy atom. The number of carbonyl (C=O) groups is 1. The molecule has 1 saturated heterocycles. The topological polar surface area (TPSA) is 70.6 Å². The Hall–Kier alpha value is -0.890. The van der Waals surface area contributed by atoms with Gasteiger partial charge in [0.05, 0.1) is 11.3 Å². The van der Waals surface area contributed by atoms with Crippen LogP contribution in [0, 0.1) is 0 Å².